The van der Waals surface area contributed by atoms with Crippen LogP contribution in [-0.2, 0) is 11.2 Å². The second-order valence-electron chi connectivity index (χ2n) is 5.15. The van der Waals surface area contributed by atoms with Gasteiger partial charge in [-0.15, -0.1) is 0 Å². The van der Waals surface area contributed by atoms with E-state index >= 15 is 0 Å². The molecule has 2 aromatic carbocycles. The summed E-state index contributed by atoms with van der Waals surface area (Å²) in [5, 5.41) is 14.7. The molecule has 0 aliphatic heterocycles. The molecule has 0 unspecified atom stereocenters. The normalized spacial score (nSPS) is 9.96. The Morgan fingerprint density at radius 2 is 1.96 bits per heavy atom. The monoisotopic (exact) mass is 311 g/mol. The van der Waals surface area contributed by atoms with Crippen molar-refractivity contribution >= 4 is 11.6 Å². The van der Waals surface area contributed by atoms with Gasteiger partial charge in [-0.1, -0.05) is 30.3 Å². The fourth-order valence-corrected chi connectivity index (χ4v) is 2.23. The number of amides is 1. The summed E-state index contributed by atoms with van der Waals surface area (Å²) in [5.41, 5.74) is 2.49. The first-order valence-electron chi connectivity index (χ1n) is 7.35. The summed E-state index contributed by atoms with van der Waals surface area (Å²) in [4.78, 5) is 11.9. The van der Waals surface area contributed by atoms with Crippen molar-refractivity contribution in [3.05, 3.63) is 65.0 Å². The van der Waals surface area contributed by atoms with Gasteiger partial charge in [0.15, 0.2) is 0 Å². The molecule has 23 heavy (non-hydrogen) atoms. The van der Waals surface area contributed by atoms with Crippen LogP contribution in [0.2, 0.25) is 0 Å². The molecule has 0 fully saturated rings. The molecule has 5 heteroatoms. The number of nitriles is 1. The Hall–Kier alpha value is -2.87. The lowest BCUT2D eigenvalue weighted by Gasteiger charge is -2.10. The van der Waals surface area contributed by atoms with Crippen LogP contribution in [-0.4, -0.2) is 19.0 Å². The first kappa shape index (κ1) is 16.5. The zero-order valence-corrected chi connectivity index (χ0v) is 12.9. The number of nitrogens with one attached hydrogen (secondary N) is 2. The minimum absolute atomic E-state index is 0.0151. The van der Waals surface area contributed by atoms with Gasteiger partial charge in [0.05, 0.1) is 12.1 Å². The number of hydrogen-bond donors (Lipinski definition) is 2. The highest BCUT2D eigenvalue weighted by Gasteiger charge is 2.08. The second-order valence-corrected chi connectivity index (χ2v) is 5.15. The number of rotatable bonds is 6. The van der Waals surface area contributed by atoms with E-state index in [9.17, 15) is 9.18 Å². The number of benzene rings is 2. The molecule has 2 rings (SSSR count). The minimum atomic E-state index is -0.555. The minimum Gasteiger partial charge on any atom is -0.382 e. The maximum atomic E-state index is 13.4. The Bertz CT molecular complexity index is 737. The summed E-state index contributed by atoms with van der Waals surface area (Å²) in [7, 11) is 0. The largest absolute Gasteiger partial charge is 0.382 e. The highest BCUT2D eigenvalue weighted by molar-refractivity contribution is 5.78. The van der Waals surface area contributed by atoms with Crippen LogP contribution in [0.4, 0.5) is 10.1 Å². The number of halogens is 1. The first-order valence-corrected chi connectivity index (χ1v) is 7.35. The Labute approximate surface area is 134 Å². The molecule has 4 nitrogen and oxygen atoms in total. The maximum Gasteiger partial charge on any atom is 0.224 e. The van der Waals surface area contributed by atoms with Gasteiger partial charge in [-0.05, 0) is 30.2 Å². The Morgan fingerprint density at radius 3 is 2.70 bits per heavy atom. The number of nitrogens with zero attached hydrogens (tertiary/aromatic N) is 1. The predicted molar refractivity (Wildman–Crippen MR) is 87.5 cm³/mol. The Kier molecular flexibility index (Phi) is 5.70. The number of hydrogen-bond acceptors (Lipinski definition) is 3. The SMILES string of the molecule is Cc1ccccc1CC(=O)NCCNc1cccc(F)c1C#N. The van der Waals surface area contributed by atoms with E-state index in [2.05, 4.69) is 10.6 Å². The summed E-state index contributed by atoms with van der Waals surface area (Å²) in [6, 6.07) is 14.0. The van der Waals surface area contributed by atoms with Crippen molar-refractivity contribution in [2.75, 3.05) is 18.4 Å². The van der Waals surface area contributed by atoms with Crippen LogP contribution in [0.5, 0.6) is 0 Å². The zero-order valence-electron chi connectivity index (χ0n) is 12.9. The van der Waals surface area contributed by atoms with E-state index in [0.29, 0.717) is 25.2 Å². The van der Waals surface area contributed by atoms with Gasteiger partial charge in [-0.25, -0.2) is 4.39 Å². The maximum absolute atomic E-state index is 13.4. The van der Waals surface area contributed by atoms with Gasteiger partial charge >= 0.3 is 0 Å². The average Bonchev–Trinajstić information content (AvgIpc) is 2.54. The summed E-state index contributed by atoms with van der Waals surface area (Å²) >= 11 is 0. The van der Waals surface area contributed by atoms with Gasteiger partial charge in [0.2, 0.25) is 5.91 Å². The molecular weight excluding hydrogens is 293 g/mol. The van der Waals surface area contributed by atoms with Crippen LogP contribution in [0.25, 0.3) is 0 Å². The fourth-order valence-electron chi connectivity index (χ4n) is 2.23. The highest BCUT2D eigenvalue weighted by Crippen LogP contribution is 2.17. The molecule has 2 aromatic rings. The Morgan fingerprint density at radius 1 is 1.17 bits per heavy atom. The van der Waals surface area contributed by atoms with Crippen molar-refractivity contribution in [3.8, 4) is 6.07 Å². The lowest BCUT2D eigenvalue weighted by molar-refractivity contribution is -0.120. The number of aryl methyl sites for hydroxylation is 1. The summed E-state index contributed by atoms with van der Waals surface area (Å²) in [6.45, 7) is 2.78. The highest BCUT2D eigenvalue weighted by atomic mass is 19.1. The van der Waals surface area contributed by atoms with Crippen LogP contribution >= 0.6 is 0 Å². The molecular formula is C18H18FN3O. The first-order chi connectivity index (χ1) is 11.1. The third kappa shape index (κ3) is 4.55. The van der Waals surface area contributed by atoms with E-state index < -0.39 is 5.82 Å². The lowest BCUT2D eigenvalue weighted by Crippen LogP contribution is -2.30. The standard InChI is InChI=1S/C18H18FN3O/c1-13-5-2-3-6-14(13)11-18(23)22-10-9-21-17-8-4-7-16(19)15(17)12-20/h2-8,21H,9-11H2,1H3,(H,22,23). The number of anilines is 1. The van der Waals surface area contributed by atoms with Crippen molar-refractivity contribution in [1.29, 1.82) is 5.26 Å². The molecule has 1 amide bonds. The summed E-state index contributed by atoms with van der Waals surface area (Å²) < 4.78 is 13.4. The quantitative estimate of drug-likeness (QED) is 0.806. The van der Waals surface area contributed by atoms with Crippen LogP contribution in [0, 0.1) is 24.1 Å². The topological polar surface area (TPSA) is 64.9 Å². The van der Waals surface area contributed by atoms with Crippen LogP contribution in [0.15, 0.2) is 42.5 Å². The molecule has 0 spiro atoms. The van der Waals surface area contributed by atoms with Crippen LogP contribution < -0.4 is 10.6 Å². The Balaban J connectivity index is 1.80. The van der Waals surface area contributed by atoms with E-state index in [0.717, 1.165) is 11.1 Å². The van der Waals surface area contributed by atoms with E-state index in [1.54, 1.807) is 6.07 Å². The van der Waals surface area contributed by atoms with Crippen molar-refractivity contribution < 1.29 is 9.18 Å². The van der Waals surface area contributed by atoms with Gasteiger partial charge in [0.1, 0.15) is 17.4 Å². The lowest BCUT2D eigenvalue weighted by atomic mass is 10.1. The zero-order chi connectivity index (χ0) is 16.7. The molecule has 0 bridgehead atoms. The van der Waals surface area contributed by atoms with E-state index in [4.69, 9.17) is 5.26 Å². The van der Waals surface area contributed by atoms with E-state index in [-0.39, 0.29) is 11.5 Å². The second kappa shape index (κ2) is 7.95. The van der Waals surface area contributed by atoms with Crippen LogP contribution in [0.3, 0.4) is 0 Å². The summed E-state index contributed by atoms with van der Waals surface area (Å²) in [5.74, 6) is -0.623. The number of carbonyl (C=O) groups is 1. The van der Waals surface area contributed by atoms with E-state index in [1.165, 1.54) is 12.1 Å². The molecule has 2 N–H and O–H groups in total. The smallest absolute Gasteiger partial charge is 0.224 e. The molecule has 0 aliphatic rings. The molecule has 0 heterocycles. The van der Waals surface area contributed by atoms with Crippen molar-refractivity contribution in [2.24, 2.45) is 0 Å². The average molecular weight is 311 g/mol. The molecule has 0 atom stereocenters. The summed E-state index contributed by atoms with van der Waals surface area (Å²) in [6.07, 6.45) is 0.329. The molecule has 0 aromatic heterocycles. The van der Waals surface area contributed by atoms with Gasteiger partial charge in [-0.3, -0.25) is 4.79 Å². The number of carbonyl (C=O) groups excluding carboxylic acids is 1. The van der Waals surface area contributed by atoms with Gasteiger partial charge in [-0.2, -0.15) is 5.26 Å². The molecule has 0 aliphatic carbocycles. The van der Waals surface area contributed by atoms with Crippen molar-refractivity contribution in [3.63, 3.8) is 0 Å². The third-order valence-corrected chi connectivity index (χ3v) is 3.50. The van der Waals surface area contributed by atoms with Gasteiger partial charge in [0, 0.05) is 13.1 Å². The van der Waals surface area contributed by atoms with Crippen molar-refractivity contribution in [1.82, 2.24) is 5.32 Å². The van der Waals surface area contributed by atoms with Gasteiger partial charge in [0.25, 0.3) is 0 Å². The van der Waals surface area contributed by atoms with E-state index in [1.807, 2.05) is 37.3 Å². The third-order valence-electron chi connectivity index (χ3n) is 3.50. The van der Waals surface area contributed by atoms with Crippen molar-refractivity contribution in [2.45, 2.75) is 13.3 Å². The van der Waals surface area contributed by atoms with Crippen LogP contribution in [0.1, 0.15) is 16.7 Å². The molecule has 0 radical (unpaired) electrons. The predicted octanol–water partition coefficient (Wildman–Crippen LogP) is 2.78. The molecule has 0 saturated carbocycles. The molecule has 0 saturated heterocycles. The fraction of sp³-hybridized carbons (Fsp3) is 0.222. The molecule has 118 valence electrons. The van der Waals surface area contributed by atoms with Gasteiger partial charge < -0.3 is 10.6 Å².